The zero-order valence-electron chi connectivity index (χ0n) is 11.0. The molecule has 0 bridgehead atoms. The quantitative estimate of drug-likeness (QED) is 0.772. The predicted molar refractivity (Wildman–Crippen MR) is 77.2 cm³/mol. The number of benzene rings is 2. The van der Waals surface area contributed by atoms with Crippen LogP contribution >= 0.6 is 0 Å². The summed E-state index contributed by atoms with van der Waals surface area (Å²) in [5.74, 6) is 1.37. The average molecular weight is 265 g/mol. The molecule has 0 spiro atoms. The summed E-state index contributed by atoms with van der Waals surface area (Å²) in [4.78, 5) is 4.53. The standard InChI is InChI=1S/C16H15N3O/c1-2-5-12-10-13(8-7-11(12)4-1)15-18-16(20-19-15)14-6-3-9-17-14/h1-2,4-5,7-8,10,14,17H,3,6,9H2. The van der Waals surface area contributed by atoms with Crippen molar-refractivity contribution in [3.05, 3.63) is 48.4 Å². The number of hydrogen-bond donors (Lipinski definition) is 1. The summed E-state index contributed by atoms with van der Waals surface area (Å²) in [5, 5.41) is 9.89. The van der Waals surface area contributed by atoms with Crippen molar-refractivity contribution in [1.82, 2.24) is 15.5 Å². The first-order chi connectivity index (χ1) is 9.90. The van der Waals surface area contributed by atoms with E-state index in [2.05, 4.69) is 39.7 Å². The second-order valence-electron chi connectivity index (χ2n) is 5.17. The van der Waals surface area contributed by atoms with E-state index in [0.29, 0.717) is 11.7 Å². The van der Waals surface area contributed by atoms with Gasteiger partial charge in [0, 0.05) is 5.56 Å². The van der Waals surface area contributed by atoms with Crippen LogP contribution < -0.4 is 5.32 Å². The summed E-state index contributed by atoms with van der Waals surface area (Å²) >= 11 is 0. The minimum absolute atomic E-state index is 0.219. The zero-order valence-corrected chi connectivity index (χ0v) is 11.0. The van der Waals surface area contributed by atoms with Crippen LogP contribution in [0.5, 0.6) is 0 Å². The maximum atomic E-state index is 5.39. The first-order valence-corrected chi connectivity index (χ1v) is 6.96. The third-order valence-corrected chi connectivity index (χ3v) is 3.81. The van der Waals surface area contributed by atoms with Crippen molar-refractivity contribution in [3.63, 3.8) is 0 Å². The molecule has 1 unspecified atom stereocenters. The van der Waals surface area contributed by atoms with Gasteiger partial charge in [0.25, 0.3) is 0 Å². The second kappa shape index (κ2) is 4.72. The van der Waals surface area contributed by atoms with E-state index in [1.807, 2.05) is 18.2 Å². The zero-order chi connectivity index (χ0) is 13.4. The minimum Gasteiger partial charge on any atom is -0.337 e. The lowest BCUT2D eigenvalue weighted by atomic mass is 10.1. The third-order valence-electron chi connectivity index (χ3n) is 3.81. The van der Waals surface area contributed by atoms with Crippen LogP contribution in [0.4, 0.5) is 0 Å². The van der Waals surface area contributed by atoms with E-state index in [-0.39, 0.29) is 6.04 Å². The fraction of sp³-hybridized carbons (Fsp3) is 0.250. The molecule has 1 aliphatic rings. The smallest absolute Gasteiger partial charge is 0.244 e. The van der Waals surface area contributed by atoms with Gasteiger partial charge in [0.15, 0.2) is 0 Å². The van der Waals surface area contributed by atoms with Gasteiger partial charge in [0.2, 0.25) is 11.7 Å². The lowest BCUT2D eigenvalue weighted by Gasteiger charge is -2.01. The Morgan fingerprint density at radius 2 is 2.00 bits per heavy atom. The van der Waals surface area contributed by atoms with Gasteiger partial charge >= 0.3 is 0 Å². The monoisotopic (exact) mass is 265 g/mol. The van der Waals surface area contributed by atoms with Crippen LogP contribution in [0.3, 0.4) is 0 Å². The predicted octanol–water partition coefficient (Wildman–Crippen LogP) is 3.31. The van der Waals surface area contributed by atoms with Gasteiger partial charge in [-0.3, -0.25) is 0 Å². The van der Waals surface area contributed by atoms with E-state index in [1.54, 1.807) is 0 Å². The number of hydrogen-bond acceptors (Lipinski definition) is 4. The van der Waals surface area contributed by atoms with E-state index in [0.717, 1.165) is 18.5 Å². The summed E-state index contributed by atoms with van der Waals surface area (Å²) < 4.78 is 5.39. The molecule has 4 nitrogen and oxygen atoms in total. The van der Waals surface area contributed by atoms with Crippen LogP contribution in [0.15, 0.2) is 47.0 Å². The van der Waals surface area contributed by atoms with Crippen LogP contribution in [-0.4, -0.2) is 16.7 Å². The highest BCUT2D eigenvalue weighted by Crippen LogP contribution is 2.26. The van der Waals surface area contributed by atoms with Gasteiger partial charge in [-0.05, 0) is 36.2 Å². The Kier molecular flexibility index (Phi) is 2.74. The van der Waals surface area contributed by atoms with E-state index in [9.17, 15) is 0 Å². The van der Waals surface area contributed by atoms with Gasteiger partial charge in [-0.2, -0.15) is 4.98 Å². The Hall–Kier alpha value is -2.20. The lowest BCUT2D eigenvalue weighted by molar-refractivity contribution is 0.345. The summed E-state index contributed by atoms with van der Waals surface area (Å²) in [6.07, 6.45) is 2.23. The van der Waals surface area contributed by atoms with Crippen LogP contribution in [-0.2, 0) is 0 Å². The minimum atomic E-state index is 0.219. The maximum Gasteiger partial charge on any atom is 0.244 e. The molecule has 3 aromatic rings. The summed E-state index contributed by atoms with van der Waals surface area (Å²) in [7, 11) is 0. The molecular formula is C16H15N3O. The van der Waals surface area contributed by atoms with E-state index in [4.69, 9.17) is 4.52 Å². The molecule has 1 atom stereocenters. The number of fused-ring (bicyclic) bond motifs is 1. The molecule has 1 saturated heterocycles. The molecule has 2 aromatic carbocycles. The lowest BCUT2D eigenvalue weighted by Crippen LogP contribution is -2.12. The highest BCUT2D eigenvalue weighted by Gasteiger charge is 2.22. The number of nitrogens with one attached hydrogen (secondary N) is 1. The average Bonchev–Trinajstić information content (AvgIpc) is 3.17. The van der Waals surface area contributed by atoms with Crippen LogP contribution in [0.2, 0.25) is 0 Å². The summed E-state index contributed by atoms with van der Waals surface area (Å²) in [6, 6.07) is 14.7. The Bertz CT molecular complexity index is 744. The Labute approximate surface area is 116 Å². The first-order valence-electron chi connectivity index (χ1n) is 6.96. The van der Waals surface area contributed by atoms with Gasteiger partial charge in [-0.1, -0.05) is 41.6 Å². The third kappa shape index (κ3) is 1.98. The molecule has 0 amide bonds. The Morgan fingerprint density at radius 1 is 1.10 bits per heavy atom. The molecule has 100 valence electrons. The normalized spacial score (nSPS) is 18.7. The molecule has 0 saturated carbocycles. The van der Waals surface area contributed by atoms with Crippen molar-refractivity contribution in [2.45, 2.75) is 18.9 Å². The van der Waals surface area contributed by atoms with Gasteiger partial charge in [-0.25, -0.2) is 0 Å². The fourth-order valence-corrected chi connectivity index (χ4v) is 2.72. The van der Waals surface area contributed by atoms with Crippen LogP contribution in [0, 0.1) is 0 Å². The van der Waals surface area contributed by atoms with E-state index >= 15 is 0 Å². The largest absolute Gasteiger partial charge is 0.337 e. The van der Waals surface area contributed by atoms with Crippen molar-refractivity contribution in [1.29, 1.82) is 0 Å². The molecule has 1 aromatic heterocycles. The number of aromatic nitrogens is 2. The molecule has 2 heterocycles. The second-order valence-corrected chi connectivity index (χ2v) is 5.17. The Morgan fingerprint density at radius 3 is 2.85 bits per heavy atom. The molecule has 1 N–H and O–H groups in total. The molecule has 4 rings (SSSR count). The van der Waals surface area contributed by atoms with Crippen molar-refractivity contribution in [2.75, 3.05) is 6.54 Å². The van der Waals surface area contributed by atoms with Crippen molar-refractivity contribution < 1.29 is 4.52 Å². The summed E-state index contributed by atoms with van der Waals surface area (Å²) in [6.45, 7) is 1.03. The molecular weight excluding hydrogens is 250 g/mol. The van der Waals surface area contributed by atoms with Crippen molar-refractivity contribution in [3.8, 4) is 11.4 Å². The topological polar surface area (TPSA) is 51.0 Å². The molecule has 20 heavy (non-hydrogen) atoms. The van der Waals surface area contributed by atoms with Crippen LogP contribution in [0.25, 0.3) is 22.2 Å². The first kappa shape index (κ1) is 11.6. The molecule has 0 radical (unpaired) electrons. The molecule has 0 aliphatic carbocycles. The van der Waals surface area contributed by atoms with E-state index < -0.39 is 0 Å². The van der Waals surface area contributed by atoms with Gasteiger partial charge in [0.05, 0.1) is 6.04 Å². The molecule has 1 aliphatic heterocycles. The van der Waals surface area contributed by atoms with Gasteiger partial charge < -0.3 is 9.84 Å². The fourth-order valence-electron chi connectivity index (χ4n) is 2.72. The van der Waals surface area contributed by atoms with Crippen molar-refractivity contribution in [2.24, 2.45) is 0 Å². The SMILES string of the molecule is c1ccc2cc(-c3noc(C4CCCN4)n3)ccc2c1. The van der Waals surface area contributed by atoms with Gasteiger partial charge in [0.1, 0.15) is 0 Å². The van der Waals surface area contributed by atoms with Gasteiger partial charge in [-0.15, -0.1) is 0 Å². The number of rotatable bonds is 2. The number of nitrogens with zero attached hydrogens (tertiary/aromatic N) is 2. The summed E-state index contributed by atoms with van der Waals surface area (Å²) in [5.41, 5.74) is 0.997. The highest BCUT2D eigenvalue weighted by atomic mass is 16.5. The molecule has 4 heteroatoms. The molecule has 1 fully saturated rings. The van der Waals surface area contributed by atoms with E-state index in [1.165, 1.54) is 17.2 Å². The Balaban J connectivity index is 1.71. The highest BCUT2D eigenvalue weighted by molar-refractivity contribution is 5.86. The van der Waals surface area contributed by atoms with Crippen LogP contribution in [0.1, 0.15) is 24.8 Å². The maximum absolute atomic E-state index is 5.39. The van der Waals surface area contributed by atoms with Crippen molar-refractivity contribution >= 4 is 10.8 Å².